The Kier molecular flexibility index (Phi) is 7.18. The molecule has 154 valence electrons. The second kappa shape index (κ2) is 9.82. The smallest absolute Gasteiger partial charge is 0.196 e. The van der Waals surface area contributed by atoms with E-state index in [1.807, 2.05) is 60.7 Å². The third-order valence-corrected chi connectivity index (χ3v) is 4.60. The van der Waals surface area contributed by atoms with Gasteiger partial charge in [-0.2, -0.15) is 0 Å². The Balaban J connectivity index is 1.71. The maximum absolute atomic E-state index is 10.9. The van der Waals surface area contributed by atoms with Gasteiger partial charge in [-0.05, 0) is 16.7 Å². The molecule has 9 nitrogen and oxygen atoms in total. The van der Waals surface area contributed by atoms with Gasteiger partial charge < -0.3 is 29.5 Å². The zero-order valence-corrected chi connectivity index (χ0v) is 15.6. The molecule has 0 amide bonds. The predicted molar refractivity (Wildman–Crippen MR) is 102 cm³/mol. The summed E-state index contributed by atoms with van der Waals surface area (Å²) in [6, 6.07) is 18.4. The van der Waals surface area contributed by atoms with Crippen molar-refractivity contribution in [2.24, 2.45) is 5.11 Å². The van der Waals surface area contributed by atoms with Gasteiger partial charge >= 0.3 is 0 Å². The quantitative estimate of drug-likeness (QED) is 0.333. The SMILES string of the molecule is [N-]=[N+]=N[C@@](O)(COCc1ccccc1)[C@H]1OC(O)[C@H](O)[C@H]1OCc1ccccc1. The maximum atomic E-state index is 10.9. The van der Waals surface area contributed by atoms with Gasteiger partial charge in [0.2, 0.25) is 0 Å². The number of nitrogens with zero attached hydrogens (tertiary/aromatic N) is 3. The molecule has 0 aliphatic carbocycles. The van der Waals surface area contributed by atoms with Crippen LogP contribution >= 0.6 is 0 Å². The standard InChI is InChI=1S/C20H23N3O6/c21-23-22-20(26,13-27-11-14-7-3-1-4-8-14)18-17(16(24)19(25)29-18)28-12-15-9-5-2-6-10-15/h1-10,16-19,24-26H,11-13H2/t16-,17-,18+,19?,20-/m1/s1. The molecule has 2 aromatic carbocycles. The number of ether oxygens (including phenoxy) is 3. The van der Waals surface area contributed by atoms with Crippen LogP contribution in [0.2, 0.25) is 0 Å². The first-order valence-electron chi connectivity index (χ1n) is 9.11. The van der Waals surface area contributed by atoms with E-state index in [1.165, 1.54) is 0 Å². The molecule has 1 aliphatic heterocycles. The van der Waals surface area contributed by atoms with E-state index in [0.717, 1.165) is 11.1 Å². The van der Waals surface area contributed by atoms with E-state index in [1.54, 1.807) is 0 Å². The molecule has 9 heteroatoms. The molecule has 5 atom stereocenters. The fourth-order valence-electron chi connectivity index (χ4n) is 3.11. The van der Waals surface area contributed by atoms with E-state index < -0.39 is 36.9 Å². The molecule has 2 aromatic rings. The predicted octanol–water partition coefficient (Wildman–Crippen LogP) is 1.87. The largest absolute Gasteiger partial charge is 0.385 e. The highest BCUT2D eigenvalue weighted by Gasteiger charge is 2.54. The molecule has 0 radical (unpaired) electrons. The van der Waals surface area contributed by atoms with Crippen molar-refractivity contribution in [3.8, 4) is 0 Å². The summed E-state index contributed by atoms with van der Waals surface area (Å²) in [6.07, 6.45) is -5.50. The van der Waals surface area contributed by atoms with E-state index in [0.29, 0.717) is 0 Å². The van der Waals surface area contributed by atoms with Gasteiger partial charge in [0.25, 0.3) is 0 Å². The van der Waals surface area contributed by atoms with Crippen molar-refractivity contribution < 1.29 is 29.5 Å². The monoisotopic (exact) mass is 401 g/mol. The lowest BCUT2D eigenvalue weighted by Gasteiger charge is -2.32. The van der Waals surface area contributed by atoms with Crippen LogP contribution in [0.4, 0.5) is 0 Å². The van der Waals surface area contributed by atoms with Crippen LogP contribution in [0.5, 0.6) is 0 Å². The van der Waals surface area contributed by atoms with Crippen molar-refractivity contribution in [2.75, 3.05) is 6.61 Å². The summed E-state index contributed by atoms with van der Waals surface area (Å²) < 4.78 is 16.5. The second-order valence-electron chi connectivity index (χ2n) is 6.75. The summed E-state index contributed by atoms with van der Waals surface area (Å²) in [7, 11) is 0. The van der Waals surface area contributed by atoms with E-state index in [9.17, 15) is 15.3 Å². The number of rotatable bonds is 9. The number of aliphatic hydroxyl groups is 3. The van der Waals surface area contributed by atoms with Crippen molar-refractivity contribution in [1.29, 1.82) is 0 Å². The van der Waals surface area contributed by atoms with E-state index >= 15 is 0 Å². The Hall–Kier alpha value is -2.49. The molecular weight excluding hydrogens is 378 g/mol. The topological polar surface area (TPSA) is 137 Å². The Morgan fingerprint density at radius 1 is 1.00 bits per heavy atom. The molecule has 1 heterocycles. The first-order valence-corrected chi connectivity index (χ1v) is 9.11. The fraction of sp³-hybridized carbons (Fsp3) is 0.400. The minimum absolute atomic E-state index is 0.104. The van der Waals surface area contributed by atoms with Crippen molar-refractivity contribution in [3.05, 3.63) is 82.2 Å². The summed E-state index contributed by atoms with van der Waals surface area (Å²) in [5.41, 5.74) is 8.42. The lowest BCUT2D eigenvalue weighted by Crippen LogP contribution is -2.51. The molecular formula is C20H23N3O6. The summed E-state index contributed by atoms with van der Waals surface area (Å²) in [5, 5.41) is 34.5. The molecule has 1 fully saturated rings. The number of hydrogen-bond acceptors (Lipinski definition) is 7. The van der Waals surface area contributed by atoms with Crippen LogP contribution in [-0.2, 0) is 27.4 Å². The second-order valence-corrected chi connectivity index (χ2v) is 6.75. The van der Waals surface area contributed by atoms with Crippen molar-refractivity contribution in [2.45, 2.75) is 43.5 Å². The highest BCUT2D eigenvalue weighted by atomic mass is 16.7. The molecule has 1 unspecified atom stereocenters. The third-order valence-electron chi connectivity index (χ3n) is 4.60. The highest BCUT2D eigenvalue weighted by molar-refractivity contribution is 5.14. The van der Waals surface area contributed by atoms with Crippen LogP contribution in [0.1, 0.15) is 11.1 Å². The van der Waals surface area contributed by atoms with Gasteiger partial charge in [0.05, 0.1) is 19.8 Å². The Labute approximate surface area is 167 Å². The van der Waals surface area contributed by atoms with Crippen LogP contribution in [0.25, 0.3) is 10.4 Å². The molecule has 1 saturated heterocycles. The van der Waals surface area contributed by atoms with Gasteiger partial charge in [-0.1, -0.05) is 65.8 Å². The maximum Gasteiger partial charge on any atom is 0.196 e. The van der Waals surface area contributed by atoms with E-state index in [-0.39, 0.29) is 13.2 Å². The fourth-order valence-corrected chi connectivity index (χ4v) is 3.11. The van der Waals surface area contributed by atoms with Crippen molar-refractivity contribution in [1.82, 2.24) is 0 Å². The Morgan fingerprint density at radius 2 is 1.59 bits per heavy atom. The molecule has 0 spiro atoms. The number of azide groups is 1. The van der Waals surface area contributed by atoms with Crippen LogP contribution in [0, 0.1) is 0 Å². The average molecular weight is 401 g/mol. The zero-order chi connectivity index (χ0) is 20.7. The minimum Gasteiger partial charge on any atom is -0.385 e. The Morgan fingerprint density at radius 3 is 2.17 bits per heavy atom. The highest BCUT2D eigenvalue weighted by Crippen LogP contribution is 2.32. The van der Waals surface area contributed by atoms with Crippen LogP contribution in [0.15, 0.2) is 65.8 Å². The lowest BCUT2D eigenvalue weighted by molar-refractivity contribution is -0.193. The molecule has 0 saturated carbocycles. The van der Waals surface area contributed by atoms with E-state index in [4.69, 9.17) is 19.7 Å². The van der Waals surface area contributed by atoms with Gasteiger partial charge in [0.15, 0.2) is 12.0 Å². The number of benzene rings is 2. The van der Waals surface area contributed by atoms with Crippen molar-refractivity contribution >= 4 is 0 Å². The number of aliphatic hydroxyl groups excluding tert-OH is 2. The molecule has 3 rings (SSSR count). The first kappa shape index (κ1) is 21.2. The van der Waals surface area contributed by atoms with Crippen LogP contribution < -0.4 is 0 Å². The molecule has 0 bridgehead atoms. The zero-order valence-electron chi connectivity index (χ0n) is 15.6. The normalized spacial score (nSPS) is 25.9. The summed E-state index contributed by atoms with van der Waals surface area (Å²) in [5.74, 6) is 0. The summed E-state index contributed by atoms with van der Waals surface area (Å²) in [4.78, 5) is 2.68. The first-order chi connectivity index (χ1) is 14.0. The summed E-state index contributed by atoms with van der Waals surface area (Å²) in [6.45, 7) is -0.148. The van der Waals surface area contributed by atoms with Crippen LogP contribution in [-0.4, -0.2) is 52.3 Å². The molecule has 3 N–H and O–H groups in total. The molecule has 29 heavy (non-hydrogen) atoms. The molecule has 1 aliphatic rings. The van der Waals surface area contributed by atoms with E-state index in [2.05, 4.69) is 10.0 Å². The Bertz CT molecular complexity index is 817. The summed E-state index contributed by atoms with van der Waals surface area (Å²) >= 11 is 0. The van der Waals surface area contributed by atoms with Gasteiger partial charge in [0, 0.05) is 4.91 Å². The minimum atomic E-state index is -2.19. The van der Waals surface area contributed by atoms with Crippen molar-refractivity contribution in [3.63, 3.8) is 0 Å². The van der Waals surface area contributed by atoms with Gasteiger partial charge in [0.1, 0.15) is 18.3 Å². The third kappa shape index (κ3) is 5.31. The van der Waals surface area contributed by atoms with Gasteiger partial charge in [-0.3, -0.25) is 0 Å². The number of hydrogen-bond donors (Lipinski definition) is 3. The lowest BCUT2D eigenvalue weighted by atomic mass is 10.0. The van der Waals surface area contributed by atoms with Crippen LogP contribution in [0.3, 0.4) is 0 Å². The van der Waals surface area contributed by atoms with Gasteiger partial charge in [-0.15, -0.1) is 0 Å². The van der Waals surface area contributed by atoms with Gasteiger partial charge in [-0.25, -0.2) is 0 Å². The molecule has 0 aromatic heterocycles. The average Bonchev–Trinajstić information content (AvgIpc) is 3.03.